The molecule has 0 aromatic heterocycles. The second-order valence-corrected chi connectivity index (χ2v) is 10.8. The molecule has 0 saturated carbocycles. The summed E-state index contributed by atoms with van der Waals surface area (Å²) in [6, 6.07) is 11.7. The third kappa shape index (κ3) is 4.10. The molecule has 0 heterocycles. The Labute approximate surface area is 235 Å². The van der Waals surface area contributed by atoms with Gasteiger partial charge in [0, 0.05) is 17.2 Å². The van der Waals surface area contributed by atoms with Gasteiger partial charge in [-0.15, -0.1) is 0 Å². The van der Waals surface area contributed by atoms with E-state index in [1.54, 1.807) is 49.4 Å². The lowest BCUT2D eigenvalue weighted by atomic mass is 9.55. The van der Waals surface area contributed by atoms with E-state index in [1.165, 1.54) is 25.1 Å². The Kier molecular flexibility index (Phi) is 6.90. The van der Waals surface area contributed by atoms with E-state index in [-0.39, 0.29) is 11.3 Å². The van der Waals surface area contributed by atoms with Gasteiger partial charge in [-0.05, 0) is 43.8 Å². The number of rotatable bonds is 6. The van der Waals surface area contributed by atoms with Gasteiger partial charge in [-0.3, -0.25) is 19.3 Å². The molecule has 216 valence electrons. The number of amides is 1. The average Bonchev–Trinajstić information content (AvgIpc) is 2.90. The lowest BCUT2D eigenvalue weighted by Crippen LogP contribution is -2.69. The molecule has 12 nitrogen and oxygen atoms in total. The Bertz CT molecular complexity index is 1500. The number of nitrogens with two attached hydrogens (primary N) is 1. The second kappa shape index (κ2) is 10.00. The number of benzene rings is 2. The minimum absolute atomic E-state index is 0.123. The summed E-state index contributed by atoms with van der Waals surface area (Å²) < 4.78 is 6.08. The van der Waals surface area contributed by atoms with E-state index in [4.69, 9.17) is 10.5 Å². The summed E-state index contributed by atoms with van der Waals surface area (Å²) in [6.45, 7) is 1.71. The number of phenols is 1. The van der Waals surface area contributed by atoms with Crippen LogP contribution in [0.2, 0.25) is 0 Å². The van der Waals surface area contributed by atoms with Crippen LogP contribution in [0.4, 0.5) is 5.69 Å². The van der Waals surface area contributed by atoms with Crippen molar-refractivity contribution in [3.63, 3.8) is 0 Å². The summed E-state index contributed by atoms with van der Waals surface area (Å²) >= 11 is 0. The van der Waals surface area contributed by atoms with Crippen LogP contribution in [-0.4, -0.2) is 86.2 Å². The number of aliphatic hydroxyl groups is 4. The van der Waals surface area contributed by atoms with Crippen molar-refractivity contribution in [3.8, 4) is 5.75 Å². The molecule has 8 N–H and O–H groups in total. The number of hydrogen-bond acceptors (Lipinski definition) is 11. The molecular weight excluding hydrogens is 534 g/mol. The number of primary amides is 1. The smallest absolute Gasteiger partial charge is 0.255 e. The number of carbonyl (C=O) groups excluding carboxylic acids is 3. The number of nitrogens with zero attached hydrogens (tertiary/aromatic N) is 1. The lowest BCUT2D eigenvalue weighted by Gasteiger charge is -2.54. The summed E-state index contributed by atoms with van der Waals surface area (Å²) in [6.07, 6.45) is -3.16. The molecule has 1 amide bonds. The van der Waals surface area contributed by atoms with Crippen molar-refractivity contribution in [2.75, 3.05) is 19.4 Å². The average molecular weight is 566 g/mol. The Morgan fingerprint density at radius 2 is 1.73 bits per heavy atom. The predicted molar refractivity (Wildman–Crippen MR) is 145 cm³/mol. The molecule has 12 heteroatoms. The number of hydrogen-bond donors (Lipinski definition) is 7. The van der Waals surface area contributed by atoms with Crippen LogP contribution in [0.3, 0.4) is 0 Å². The molecule has 41 heavy (non-hydrogen) atoms. The first-order valence-electron chi connectivity index (χ1n) is 12.9. The van der Waals surface area contributed by atoms with Gasteiger partial charge in [-0.2, -0.15) is 0 Å². The molecule has 1 unspecified atom stereocenters. The Morgan fingerprint density at radius 1 is 1.07 bits per heavy atom. The predicted octanol–water partition coefficient (Wildman–Crippen LogP) is 1.06. The SMILES string of the molecule is C[C@H]1c2cccc(O)c2C(=O)C2=C(O)[C@]3(O)C(=O)C(C(N)=O)=C(O)[C@@H](N(C)C)[C@@H]3[C@@H](OC(O)Nc3ccccc3)[C@@H]21. The molecule has 5 rings (SSSR count). The van der Waals surface area contributed by atoms with Gasteiger partial charge < -0.3 is 41.3 Å². The molecule has 0 radical (unpaired) electrons. The minimum atomic E-state index is -2.97. The zero-order chi connectivity index (χ0) is 30.0. The molecule has 0 fully saturated rings. The van der Waals surface area contributed by atoms with Gasteiger partial charge in [0.25, 0.3) is 5.91 Å². The largest absolute Gasteiger partial charge is 0.510 e. The van der Waals surface area contributed by atoms with Crippen molar-refractivity contribution < 1.29 is 44.7 Å². The topological polar surface area (TPSA) is 203 Å². The van der Waals surface area contributed by atoms with Gasteiger partial charge in [0.15, 0.2) is 11.4 Å². The van der Waals surface area contributed by atoms with Gasteiger partial charge >= 0.3 is 0 Å². The number of phenolic OH excluding ortho intramolecular Hbond substituents is 1. The number of anilines is 1. The highest BCUT2D eigenvalue weighted by Crippen LogP contribution is 2.56. The molecular formula is C29H31N3O9. The van der Waals surface area contributed by atoms with Crippen LogP contribution in [0, 0.1) is 11.8 Å². The normalized spacial score (nSPS) is 30.0. The maximum atomic E-state index is 13.9. The molecule has 0 saturated heterocycles. The quantitative estimate of drug-likeness (QED) is 0.195. The Balaban J connectivity index is 1.76. The van der Waals surface area contributed by atoms with Gasteiger partial charge in [-0.25, -0.2) is 0 Å². The van der Waals surface area contributed by atoms with Crippen molar-refractivity contribution in [2.24, 2.45) is 17.6 Å². The lowest BCUT2D eigenvalue weighted by molar-refractivity contribution is -0.203. The summed E-state index contributed by atoms with van der Waals surface area (Å²) in [5.41, 5.74) is 1.86. The van der Waals surface area contributed by atoms with E-state index in [2.05, 4.69) is 5.32 Å². The zero-order valence-corrected chi connectivity index (χ0v) is 22.5. The first-order valence-corrected chi connectivity index (χ1v) is 12.9. The summed E-state index contributed by atoms with van der Waals surface area (Å²) in [4.78, 5) is 41.3. The number of ketones is 2. The highest BCUT2D eigenvalue weighted by Gasteiger charge is 2.68. The highest BCUT2D eigenvalue weighted by atomic mass is 16.6. The fourth-order valence-electron chi connectivity index (χ4n) is 6.58. The zero-order valence-electron chi connectivity index (χ0n) is 22.5. The number of para-hydroxylation sites is 1. The van der Waals surface area contributed by atoms with Crippen molar-refractivity contribution in [1.29, 1.82) is 0 Å². The number of aromatic hydroxyl groups is 1. The molecule has 0 bridgehead atoms. The van der Waals surface area contributed by atoms with Gasteiger partial charge in [-0.1, -0.05) is 37.3 Å². The molecule has 2 aromatic carbocycles. The van der Waals surface area contributed by atoms with E-state index in [0.29, 0.717) is 11.3 Å². The van der Waals surface area contributed by atoms with Crippen molar-refractivity contribution in [3.05, 3.63) is 82.3 Å². The number of aliphatic hydroxyl groups excluding tert-OH is 3. The van der Waals surface area contributed by atoms with Crippen LogP contribution >= 0.6 is 0 Å². The van der Waals surface area contributed by atoms with Crippen LogP contribution in [0.25, 0.3) is 0 Å². The second-order valence-electron chi connectivity index (χ2n) is 10.8. The monoisotopic (exact) mass is 565 g/mol. The number of likely N-dealkylation sites (N-methyl/N-ethyl adjacent to an activating group) is 1. The summed E-state index contributed by atoms with van der Waals surface area (Å²) in [5.74, 6) is -9.05. The van der Waals surface area contributed by atoms with E-state index in [1.807, 2.05) is 0 Å². The maximum absolute atomic E-state index is 13.9. The molecule has 3 aliphatic rings. The van der Waals surface area contributed by atoms with Crippen LogP contribution in [0.15, 0.2) is 71.2 Å². The number of Topliss-reactive ketones (excluding diaryl/α,β-unsaturated/α-hetero) is 2. The number of ether oxygens (including phenoxy) is 1. The minimum Gasteiger partial charge on any atom is -0.510 e. The maximum Gasteiger partial charge on any atom is 0.255 e. The molecule has 7 atom stereocenters. The first-order chi connectivity index (χ1) is 19.3. The summed E-state index contributed by atoms with van der Waals surface area (Å²) in [5, 5.41) is 59.2. The Hall–Kier alpha value is -4.23. The standard InChI is InChI=1S/C29H31N3O9/c1-12-14-10-7-11-15(33)17(14)22(34)18-16(12)24(41-28(39)31-13-8-5-4-6-9-13)20-21(32(2)3)23(35)19(27(30)38)26(37)29(20,40)25(18)36/h4-12,16,20-21,24,28,31,33,35-36,39-40H,1-3H3,(H2,30,38)/t12-,16+,20+,21-,24-,28?,29-/m0/s1. The molecule has 2 aromatic rings. The first kappa shape index (κ1) is 28.3. The number of carbonyl (C=O) groups is 3. The molecule has 3 aliphatic carbocycles. The van der Waals surface area contributed by atoms with Gasteiger partial charge in [0.1, 0.15) is 22.8 Å². The van der Waals surface area contributed by atoms with Crippen LogP contribution in [-0.2, 0) is 14.3 Å². The van der Waals surface area contributed by atoms with E-state index in [9.17, 15) is 39.9 Å². The van der Waals surface area contributed by atoms with E-state index >= 15 is 0 Å². The Morgan fingerprint density at radius 3 is 2.34 bits per heavy atom. The van der Waals surface area contributed by atoms with Crippen molar-refractivity contribution in [1.82, 2.24) is 4.90 Å². The molecule has 0 spiro atoms. The van der Waals surface area contributed by atoms with Crippen molar-refractivity contribution in [2.45, 2.75) is 37.0 Å². The van der Waals surface area contributed by atoms with E-state index in [0.717, 1.165) is 0 Å². The van der Waals surface area contributed by atoms with Crippen LogP contribution < -0.4 is 11.1 Å². The van der Waals surface area contributed by atoms with Crippen LogP contribution in [0.1, 0.15) is 28.8 Å². The highest BCUT2D eigenvalue weighted by molar-refractivity contribution is 6.25. The fourth-order valence-corrected chi connectivity index (χ4v) is 6.58. The molecule has 0 aliphatic heterocycles. The fraction of sp³-hybridized carbons (Fsp3) is 0.345. The number of fused-ring (bicyclic) bond motifs is 3. The van der Waals surface area contributed by atoms with Gasteiger partial charge in [0.2, 0.25) is 12.2 Å². The third-order valence-electron chi connectivity index (χ3n) is 8.32. The van der Waals surface area contributed by atoms with Crippen LogP contribution in [0.5, 0.6) is 5.75 Å². The third-order valence-corrected chi connectivity index (χ3v) is 8.32. The summed E-state index contributed by atoms with van der Waals surface area (Å²) in [7, 11) is 3.01. The number of nitrogens with one attached hydrogen (secondary N) is 1. The van der Waals surface area contributed by atoms with Crippen molar-refractivity contribution >= 4 is 23.2 Å². The van der Waals surface area contributed by atoms with E-state index < -0.39 is 82.1 Å². The van der Waals surface area contributed by atoms with Gasteiger partial charge in [0.05, 0.1) is 23.6 Å².